The average molecular weight is 313 g/mol. The fraction of sp³-hybridized carbons (Fsp3) is 0.333. The van der Waals surface area contributed by atoms with Gasteiger partial charge in [-0.1, -0.05) is 37.2 Å². The van der Waals surface area contributed by atoms with E-state index < -0.39 is 0 Å². The molecular formula is C12H13ClN4O2S. The van der Waals surface area contributed by atoms with E-state index in [0.29, 0.717) is 22.0 Å². The molecule has 2 aromatic heterocycles. The zero-order chi connectivity index (χ0) is 14.5. The minimum Gasteiger partial charge on any atom is -0.416 e. The van der Waals surface area contributed by atoms with Gasteiger partial charge in [0.2, 0.25) is 11.8 Å². The number of amides is 1. The molecule has 20 heavy (non-hydrogen) atoms. The predicted octanol–water partition coefficient (Wildman–Crippen LogP) is 2.97. The number of halogens is 1. The number of nitrogens with zero attached hydrogens (tertiary/aromatic N) is 3. The summed E-state index contributed by atoms with van der Waals surface area (Å²) in [6, 6.07) is 3.29. The summed E-state index contributed by atoms with van der Waals surface area (Å²) in [5, 5.41) is 11.3. The molecule has 8 heteroatoms. The Kier molecular flexibility index (Phi) is 4.97. The molecule has 2 aromatic rings. The molecule has 2 rings (SSSR count). The van der Waals surface area contributed by atoms with Gasteiger partial charge in [0.1, 0.15) is 5.82 Å². The number of nitrogens with one attached hydrogen (secondary N) is 1. The van der Waals surface area contributed by atoms with Crippen molar-refractivity contribution in [3.63, 3.8) is 0 Å². The molecule has 106 valence electrons. The number of carbonyl (C=O) groups is 1. The average Bonchev–Trinajstić information content (AvgIpc) is 2.88. The molecule has 0 saturated heterocycles. The number of pyridine rings is 1. The summed E-state index contributed by atoms with van der Waals surface area (Å²) in [5.74, 6) is 1.16. The van der Waals surface area contributed by atoms with E-state index >= 15 is 0 Å². The van der Waals surface area contributed by atoms with Crippen molar-refractivity contribution in [2.24, 2.45) is 0 Å². The second-order valence-electron chi connectivity index (χ2n) is 4.26. The molecule has 6 nitrogen and oxygen atoms in total. The van der Waals surface area contributed by atoms with Gasteiger partial charge in [-0.25, -0.2) is 4.98 Å². The normalized spacial score (nSPS) is 10.8. The summed E-state index contributed by atoms with van der Waals surface area (Å²) >= 11 is 6.89. The Bertz CT molecular complexity index is 585. The van der Waals surface area contributed by atoms with Crippen LogP contribution in [0, 0.1) is 0 Å². The van der Waals surface area contributed by atoms with E-state index in [0.717, 1.165) is 0 Å². The molecule has 0 radical (unpaired) electrons. The first-order valence-electron chi connectivity index (χ1n) is 5.92. The summed E-state index contributed by atoms with van der Waals surface area (Å²) in [5.41, 5.74) is 0. The van der Waals surface area contributed by atoms with Crippen molar-refractivity contribution in [2.75, 3.05) is 11.1 Å². The second-order valence-corrected chi connectivity index (χ2v) is 5.62. The van der Waals surface area contributed by atoms with Gasteiger partial charge < -0.3 is 9.73 Å². The Morgan fingerprint density at radius 1 is 1.45 bits per heavy atom. The Balaban J connectivity index is 1.84. The van der Waals surface area contributed by atoms with Gasteiger partial charge in [0, 0.05) is 12.1 Å². The first kappa shape index (κ1) is 14.8. The van der Waals surface area contributed by atoms with E-state index in [4.69, 9.17) is 16.0 Å². The van der Waals surface area contributed by atoms with E-state index in [1.807, 2.05) is 13.8 Å². The van der Waals surface area contributed by atoms with Crippen molar-refractivity contribution in [3.8, 4) is 0 Å². The Hall–Kier alpha value is -1.60. The fourth-order valence-electron chi connectivity index (χ4n) is 1.27. The van der Waals surface area contributed by atoms with Crippen molar-refractivity contribution in [3.05, 3.63) is 29.2 Å². The zero-order valence-corrected chi connectivity index (χ0v) is 12.5. The fourth-order valence-corrected chi connectivity index (χ4v) is 1.95. The van der Waals surface area contributed by atoms with Crippen LogP contribution in [0.5, 0.6) is 0 Å². The molecule has 1 amide bonds. The van der Waals surface area contributed by atoms with E-state index in [2.05, 4.69) is 20.5 Å². The standard InChI is InChI=1S/C12H13ClN4O2S/c1-7(2)11-16-17-12(19-11)20-6-10(18)15-9-4-3-8(13)5-14-9/h3-5,7H,6H2,1-2H3,(H,14,15,18). The Morgan fingerprint density at radius 3 is 2.85 bits per heavy atom. The number of anilines is 1. The summed E-state index contributed by atoms with van der Waals surface area (Å²) in [6.45, 7) is 3.92. The van der Waals surface area contributed by atoms with Crippen LogP contribution in [0.4, 0.5) is 5.82 Å². The van der Waals surface area contributed by atoms with Crippen LogP contribution in [0.25, 0.3) is 0 Å². The lowest BCUT2D eigenvalue weighted by Gasteiger charge is -2.02. The third-order valence-corrected chi connectivity index (χ3v) is 3.28. The molecule has 0 aliphatic rings. The Labute approximate surface area is 125 Å². The first-order chi connectivity index (χ1) is 9.54. The van der Waals surface area contributed by atoms with Crippen LogP contribution in [-0.2, 0) is 4.79 Å². The highest BCUT2D eigenvalue weighted by Gasteiger charge is 2.12. The van der Waals surface area contributed by atoms with Gasteiger partial charge in [-0.2, -0.15) is 0 Å². The van der Waals surface area contributed by atoms with Crippen LogP contribution in [-0.4, -0.2) is 26.8 Å². The number of carbonyl (C=O) groups excluding carboxylic acids is 1. The van der Waals surface area contributed by atoms with Gasteiger partial charge in [-0.15, -0.1) is 10.2 Å². The largest absolute Gasteiger partial charge is 0.416 e. The zero-order valence-electron chi connectivity index (χ0n) is 11.0. The van der Waals surface area contributed by atoms with Crippen LogP contribution in [0.3, 0.4) is 0 Å². The summed E-state index contributed by atoms with van der Waals surface area (Å²) < 4.78 is 5.39. The van der Waals surface area contributed by atoms with Crippen LogP contribution in [0.2, 0.25) is 5.02 Å². The first-order valence-corrected chi connectivity index (χ1v) is 7.28. The highest BCUT2D eigenvalue weighted by molar-refractivity contribution is 7.99. The topological polar surface area (TPSA) is 80.9 Å². The molecule has 1 N–H and O–H groups in total. The van der Waals surface area contributed by atoms with Crippen LogP contribution < -0.4 is 5.32 Å². The Morgan fingerprint density at radius 2 is 2.25 bits per heavy atom. The molecule has 0 atom stereocenters. The van der Waals surface area contributed by atoms with E-state index in [1.165, 1.54) is 18.0 Å². The van der Waals surface area contributed by atoms with Crippen LogP contribution in [0.15, 0.2) is 28.0 Å². The number of thioether (sulfide) groups is 1. The molecule has 0 aliphatic carbocycles. The van der Waals surface area contributed by atoms with Crippen molar-refractivity contribution < 1.29 is 9.21 Å². The minimum atomic E-state index is -0.200. The van der Waals surface area contributed by atoms with Gasteiger partial charge in [-0.05, 0) is 12.1 Å². The lowest BCUT2D eigenvalue weighted by Crippen LogP contribution is -2.14. The molecule has 0 saturated carbocycles. The van der Waals surface area contributed by atoms with Crippen molar-refractivity contribution >= 4 is 35.1 Å². The SMILES string of the molecule is CC(C)c1nnc(SCC(=O)Nc2ccc(Cl)cn2)o1. The van der Waals surface area contributed by atoms with Crippen molar-refractivity contribution in [2.45, 2.75) is 25.0 Å². The van der Waals surface area contributed by atoms with Crippen molar-refractivity contribution in [1.29, 1.82) is 0 Å². The quantitative estimate of drug-likeness (QED) is 0.855. The highest BCUT2D eigenvalue weighted by Crippen LogP contribution is 2.20. The van der Waals surface area contributed by atoms with Gasteiger partial charge in [0.05, 0.1) is 10.8 Å². The molecule has 0 aliphatic heterocycles. The molecule has 0 fully saturated rings. The molecule has 0 unspecified atom stereocenters. The number of rotatable bonds is 5. The maximum absolute atomic E-state index is 11.7. The number of hydrogen-bond donors (Lipinski definition) is 1. The van der Waals surface area contributed by atoms with Gasteiger partial charge in [-0.3, -0.25) is 4.79 Å². The summed E-state index contributed by atoms with van der Waals surface area (Å²) in [7, 11) is 0. The third kappa shape index (κ3) is 4.21. The minimum absolute atomic E-state index is 0.170. The second kappa shape index (κ2) is 6.71. The summed E-state index contributed by atoms with van der Waals surface area (Å²) in [4.78, 5) is 15.7. The maximum atomic E-state index is 11.7. The predicted molar refractivity (Wildman–Crippen MR) is 77.0 cm³/mol. The molecular weight excluding hydrogens is 300 g/mol. The number of hydrogen-bond acceptors (Lipinski definition) is 6. The lowest BCUT2D eigenvalue weighted by atomic mass is 10.2. The van der Waals surface area contributed by atoms with Gasteiger partial charge >= 0.3 is 0 Å². The van der Waals surface area contributed by atoms with Gasteiger partial charge in [0.15, 0.2) is 0 Å². The third-order valence-electron chi connectivity index (χ3n) is 2.24. The van der Waals surface area contributed by atoms with Crippen LogP contribution >= 0.6 is 23.4 Å². The van der Waals surface area contributed by atoms with E-state index in [-0.39, 0.29) is 17.6 Å². The molecule has 2 heterocycles. The lowest BCUT2D eigenvalue weighted by molar-refractivity contribution is -0.113. The molecule has 0 bridgehead atoms. The number of aromatic nitrogens is 3. The molecule has 0 aromatic carbocycles. The van der Waals surface area contributed by atoms with Crippen LogP contribution in [0.1, 0.15) is 25.7 Å². The smallest absolute Gasteiger partial charge is 0.277 e. The van der Waals surface area contributed by atoms with E-state index in [9.17, 15) is 4.79 Å². The maximum Gasteiger partial charge on any atom is 0.277 e. The van der Waals surface area contributed by atoms with Crippen molar-refractivity contribution in [1.82, 2.24) is 15.2 Å². The highest BCUT2D eigenvalue weighted by atomic mass is 35.5. The summed E-state index contributed by atoms with van der Waals surface area (Å²) in [6.07, 6.45) is 1.47. The van der Waals surface area contributed by atoms with Gasteiger partial charge in [0.25, 0.3) is 5.22 Å². The van der Waals surface area contributed by atoms with E-state index in [1.54, 1.807) is 12.1 Å². The monoisotopic (exact) mass is 312 g/mol. The molecule has 0 spiro atoms.